The maximum Gasteiger partial charge on any atom is 0.308 e. The van der Waals surface area contributed by atoms with Crippen molar-refractivity contribution < 1.29 is 66.8 Å². The van der Waals surface area contributed by atoms with Gasteiger partial charge in [0, 0.05) is 99.1 Å². The fourth-order valence-corrected chi connectivity index (χ4v) is 12.8. The van der Waals surface area contributed by atoms with Crippen LogP contribution in [0.5, 0.6) is 34.5 Å². The summed E-state index contributed by atoms with van der Waals surface area (Å²) in [6.07, 6.45) is 6.47. The molecule has 2 aromatic carbocycles. The molecule has 0 N–H and O–H groups in total. The van der Waals surface area contributed by atoms with Gasteiger partial charge in [0.2, 0.25) is 11.5 Å². The Balaban J connectivity index is 1.14. The molecule has 5 aliphatic rings. The van der Waals surface area contributed by atoms with Crippen molar-refractivity contribution in [3.05, 3.63) is 35.4 Å². The van der Waals surface area contributed by atoms with Crippen molar-refractivity contribution in [1.29, 1.82) is 0 Å². The van der Waals surface area contributed by atoms with Crippen LogP contribution in [0.25, 0.3) is 0 Å². The molecular formula is C44H58N2O12. The number of hydrogen-bond donors (Lipinski definition) is 0. The van der Waals surface area contributed by atoms with E-state index in [-0.39, 0.29) is 60.3 Å². The number of methoxy groups -OCH3 is 4. The summed E-state index contributed by atoms with van der Waals surface area (Å²) in [6, 6.07) is 7.87. The average Bonchev–Trinajstić information content (AvgIpc) is 3.38. The summed E-state index contributed by atoms with van der Waals surface area (Å²) in [5.74, 6) is -2.23. The van der Waals surface area contributed by atoms with Crippen molar-refractivity contribution >= 4 is 23.9 Å². The van der Waals surface area contributed by atoms with Gasteiger partial charge in [-0.3, -0.25) is 9.59 Å². The third-order valence-corrected chi connectivity index (χ3v) is 15.6. The minimum atomic E-state index is -1.52. The molecule has 4 bridgehead atoms. The van der Waals surface area contributed by atoms with Crippen LogP contribution >= 0.6 is 0 Å². The SMILES string of the molecule is COc1cc(C[N+]2(C)[C@@H]3CC[C@H]2C[C@@H](C2(C(=O)[O-])CCC2(C(=O)[O-])[C@H]2C[C@H]4CC[C@@H](C2)[N+]4(C)Cc2cc(OC)c(OC(C)=O)c(OC)c2)C3)cc(OC)c1OC(C)=O. The van der Waals surface area contributed by atoms with Crippen molar-refractivity contribution in [3.8, 4) is 34.5 Å². The number of rotatable bonds is 14. The molecule has 4 unspecified atom stereocenters. The topological polar surface area (TPSA) is 170 Å². The first kappa shape index (κ1) is 41.6. The van der Waals surface area contributed by atoms with E-state index in [2.05, 4.69) is 14.1 Å². The molecule has 0 radical (unpaired) electrons. The number of carbonyl (C=O) groups is 4. The molecule has 58 heavy (non-hydrogen) atoms. The smallest absolute Gasteiger partial charge is 0.308 e. The molecule has 316 valence electrons. The van der Waals surface area contributed by atoms with Crippen molar-refractivity contribution in [3.63, 3.8) is 0 Å². The number of piperidine rings is 2. The first-order chi connectivity index (χ1) is 27.5. The summed E-state index contributed by atoms with van der Waals surface area (Å²) in [5.41, 5.74) is -1.18. The molecule has 14 heteroatoms. The second-order valence-electron chi connectivity index (χ2n) is 18.0. The zero-order chi connectivity index (χ0) is 41.9. The Kier molecular flexibility index (Phi) is 10.9. The van der Waals surface area contributed by atoms with Gasteiger partial charge in [-0.05, 0) is 48.9 Å². The van der Waals surface area contributed by atoms with Gasteiger partial charge in [-0.15, -0.1) is 0 Å². The van der Waals surface area contributed by atoms with Gasteiger partial charge < -0.3 is 57.2 Å². The van der Waals surface area contributed by atoms with E-state index >= 15 is 0 Å². The van der Waals surface area contributed by atoms with Crippen LogP contribution in [0.4, 0.5) is 0 Å². The molecule has 14 nitrogen and oxygen atoms in total. The molecule has 1 saturated carbocycles. The van der Waals surface area contributed by atoms with Gasteiger partial charge in [0.15, 0.2) is 23.0 Å². The lowest BCUT2D eigenvalue weighted by Gasteiger charge is -2.69. The lowest BCUT2D eigenvalue weighted by molar-refractivity contribution is -0.963. The van der Waals surface area contributed by atoms with Crippen LogP contribution in [0, 0.1) is 22.7 Å². The van der Waals surface area contributed by atoms with Crippen molar-refractivity contribution in [1.82, 2.24) is 0 Å². The lowest BCUT2D eigenvalue weighted by atomic mass is 9.38. The summed E-state index contributed by atoms with van der Waals surface area (Å²) in [6.45, 7) is 3.87. The molecule has 4 saturated heterocycles. The molecule has 2 aromatic rings. The number of carboxylic acid groups (broad SMARTS) is 2. The molecule has 10 atom stereocenters. The Morgan fingerprint density at radius 1 is 0.569 bits per heavy atom. The summed E-state index contributed by atoms with van der Waals surface area (Å²) >= 11 is 0. The van der Waals surface area contributed by atoms with Gasteiger partial charge in [-0.2, -0.15) is 0 Å². The minimum Gasteiger partial charge on any atom is -0.550 e. The van der Waals surface area contributed by atoms with Gasteiger partial charge in [0.25, 0.3) is 0 Å². The second kappa shape index (κ2) is 15.2. The highest BCUT2D eigenvalue weighted by Crippen LogP contribution is 2.70. The van der Waals surface area contributed by atoms with E-state index < -0.39 is 34.7 Å². The highest BCUT2D eigenvalue weighted by atomic mass is 16.6. The molecular weight excluding hydrogens is 748 g/mol. The Morgan fingerprint density at radius 2 is 0.845 bits per heavy atom. The average molecular weight is 807 g/mol. The fraction of sp³-hybridized carbons (Fsp3) is 0.636. The predicted octanol–water partition coefficient (Wildman–Crippen LogP) is 3.31. The number of esters is 2. The van der Waals surface area contributed by atoms with Crippen molar-refractivity contribution in [2.24, 2.45) is 22.7 Å². The third kappa shape index (κ3) is 6.36. The number of carbonyl (C=O) groups excluding carboxylic acids is 4. The van der Waals surface area contributed by atoms with Gasteiger partial charge >= 0.3 is 11.9 Å². The van der Waals surface area contributed by atoms with Gasteiger partial charge in [0.05, 0.1) is 66.7 Å². The van der Waals surface area contributed by atoms with Crippen LogP contribution in [-0.2, 0) is 32.3 Å². The highest BCUT2D eigenvalue weighted by Gasteiger charge is 2.71. The molecule has 5 fully saturated rings. The fourth-order valence-electron chi connectivity index (χ4n) is 12.8. The van der Waals surface area contributed by atoms with Crippen molar-refractivity contribution in [2.45, 2.75) is 115 Å². The summed E-state index contributed by atoms with van der Waals surface area (Å²) in [4.78, 5) is 51.1. The number of quaternary nitrogens is 2. The largest absolute Gasteiger partial charge is 0.550 e. The molecule has 1 aliphatic carbocycles. The standard InChI is InChI=1S/C44H58N2O12/c1-25(47)57-39-35(53-5)15-27(16-36(39)54-6)23-45(3)31-9-10-32(45)20-29(19-31)43(41(49)50)13-14-44(43,42(51)52)30-21-33-11-12-34(22-30)46(33,4)24-28-17-37(55-7)40(58-26(2)48)38(18-28)56-8/h15-18,29-34H,9-14,19-24H2,1-8H3/t29-,30-,31+,32-,33+,34-,43?,44?,45?,46?. The number of aliphatic carboxylic acids is 2. The molecule has 4 heterocycles. The number of fused-ring (bicyclic) bond motifs is 4. The summed E-state index contributed by atoms with van der Waals surface area (Å²) in [7, 11) is 10.5. The second-order valence-corrected chi connectivity index (χ2v) is 18.0. The van der Waals surface area contributed by atoms with E-state index in [0.29, 0.717) is 70.7 Å². The quantitative estimate of drug-likeness (QED) is 0.155. The normalized spacial score (nSPS) is 34.7. The van der Waals surface area contributed by atoms with E-state index in [4.69, 9.17) is 28.4 Å². The Labute approximate surface area is 340 Å². The first-order valence-corrected chi connectivity index (χ1v) is 20.5. The monoisotopic (exact) mass is 806 g/mol. The summed E-state index contributed by atoms with van der Waals surface area (Å²) < 4.78 is 34.6. The van der Waals surface area contributed by atoms with E-state index in [1.165, 1.54) is 42.3 Å². The van der Waals surface area contributed by atoms with Crippen molar-refractivity contribution in [2.75, 3.05) is 42.5 Å². The number of benzene rings is 2. The number of carboxylic acids is 2. The van der Waals surface area contributed by atoms with E-state index in [0.717, 1.165) is 36.8 Å². The third-order valence-electron chi connectivity index (χ3n) is 15.6. The lowest BCUT2D eigenvalue weighted by Crippen LogP contribution is -2.75. The van der Waals surface area contributed by atoms with Gasteiger partial charge in [-0.25, -0.2) is 0 Å². The summed E-state index contributed by atoms with van der Waals surface area (Å²) in [5, 5.41) is 27.5. The number of ether oxygens (including phenoxy) is 6. The predicted molar refractivity (Wildman–Crippen MR) is 205 cm³/mol. The molecule has 0 spiro atoms. The van der Waals surface area contributed by atoms with Crippen LogP contribution < -0.4 is 38.6 Å². The zero-order valence-corrected chi connectivity index (χ0v) is 35.1. The molecule has 0 aromatic heterocycles. The first-order valence-electron chi connectivity index (χ1n) is 20.5. The maximum absolute atomic E-state index is 13.7. The van der Waals surface area contributed by atoms with Crippen LogP contribution in [0.2, 0.25) is 0 Å². The van der Waals surface area contributed by atoms with Crippen LogP contribution in [0.15, 0.2) is 24.3 Å². The van der Waals surface area contributed by atoms with Gasteiger partial charge in [-0.1, -0.05) is 0 Å². The molecule has 0 amide bonds. The number of nitrogens with zero attached hydrogens (tertiary/aromatic N) is 2. The molecule has 4 aliphatic heterocycles. The molecule has 7 rings (SSSR count). The number of hydrogen-bond acceptors (Lipinski definition) is 12. The maximum atomic E-state index is 13.7. The van der Waals surface area contributed by atoms with E-state index in [1.807, 2.05) is 24.3 Å². The van der Waals surface area contributed by atoms with Crippen LogP contribution in [0.3, 0.4) is 0 Å². The Bertz CT molecular complexity index is 1760. The van der Waals surface area contributed by atoms with E-state index in [1.54, 1.807) is 0 Å². The van der Waals surface area contributed by atoms with E-state index in [9.17, 15) is 29.4 Å². The zero-order valence-electron chi connectivity index (χ0n) is 35.1. The highest BCUT2D eigenvalue weighted by molar-refractivity contribution is 5.88. The van der Waals surface area contributed by atoms with Gasteiger partial charge in [0.1, 0.15) is 13.1 Å². The van der Waals surface area contributed by atoms with Crippen LogP contribution in [0.1, 0.15) is 89.2 Å². The Hall–Kier alpha value is -4.56. The Morgan fingerprint density at radius 3 is 1.05 bits per heavy atom. The van der Waals surface area contributed by atoms with Crippen LogP contribution in [-0.4, -0.2) is 99.5 Å². The minimum absolute atomic E-state index is 0.105.